The number of carboxylic acids is 1. The molecule has 0 radical (unpaired) electrons. The number of nitrogens with zero attached hydrogens (tertiary/aromatic N) is 1. The summed E-state index contributed by atoms with van der Waals surface area (Å²) in [6, 6.07) is -0.474. The van der Waals surface area contributed by atoms with Crippen LogP contribution in [-0.2, 0) is 19.2 Å². The lowest BCUT2D eigenvalue weighted by molar-refractivity contribution is -0.139. The SMILES string of the molecule is CC1(C)C[C@H]([C@@H](CC(=O)O)NC(=O)CO/N=C2\C=C[C@@]3(C)C(=C2)CC[C@@H]2[C@@H]3CC[C@@]3(C)[C@H]2CC[C@]3(C)O)CCO1. The second-order valence-electron chi connectivity index (χ2n) is 14.4. The summed E-state index contributed by atoms with van der Waals surface area (Å²) < 4.78 is 5.77. The van der Waals surface area contributed by atoms with Gasteiger partial charge in [0.2, 0.25) is 0 Å². The van der Waals surface area contributed by atoms with Crippen LogP contribution in [0.15, 0.2) is 29.0 Å². The first-order valence-corrected chi connectivity index (χ1v) is 15.2. The number of rotatable bonds is 7. The lowest BCUT2D eigenvalue weighted by Crippen LogP contribution is -2.53. The normalized spacial score (nSPS) is 41.8. The number of nitrogens with one attached hydrogen (secondary N) is 1. The molecule has 40 heavy (non-hydrogen) atoms. The minimum absolute atomic E-state index is 0.00952. The molecule has 1 heterocycles. The summed E-state index contributed by atoms with van der Waals surface area (Å²) in [6.07, 6.45) is 14.0. The molecule has 5 rings (SSSR count). The number of aliphatic carboxylic acids is 1. The molecule has 3 saturated carbocycles. The van der Waals surface area contributed by atoms with Crippen molar-refractivity contribution >= 4 is 17.6 Å². The molecule has 8 atom stereocenters. The van der Waals surface area contributed by atoms with Crippen molar-refractivity contribution in [1.29, 1.82) is 0 Å². The highest BCUT2D eigenvalue weighted by atomic mass is 16.6. The zero-order valence-corrected chi connectivity index (χ0v) is 24.9. The number of carboxylic acid groups (broad SMARTS) is 1. The van der Waals surface area contributed by atoms with Crippen molar-refractivity contribution in [3.8, 4) is 0 Å². The predicted octanol–water partition coefficient (Wildman–Crippen LogP) is 5.01. The van der Waals surface area contributed by atoms with E-state index in [1.54, 1.807) is 0 Å². The van der Waals surface area contributed by atoms with Gasteiger partial charge in [-0.2, -0.15) is 0 Å². The van der Waals surface area contributed by atoms with Gasteiger partial charge in [0.25, 0.3) is 5.91 Å². The Bertz CT molecular complexity index is 1110. The average molecular weight is 557 g/mol. The Morgan fingerprint density at radius 2 is 1.88 bits per heavy atom. The van der Waals surface area contributed by atoms with E-state index in [2.05, 4.69) is 36.5 Å². The number of aliphatic hydroxyl groups is 1. The van der Waals surface area contributed by atoms with Crippen molar-refractivity contribution in [2.24, 2.45) is 39.7 Å². The van der Waals surface area contributed by atoms with Gasteiger partial charge in [0, 0.05) is 18.1 Å². The highest BCUT2D eigenvalue weighted by molar-refractivity contribution is 6.05. The maximum atomic E-state index is 12.7. The van der Waals surface area contributed by atoms with E-state index in [-0.39, 0.29) is 41.3 Å². The largest absolute Gasteiger partial charge is 0.481 e. The second kappa shape index (κ2) is 10.6. The summed E-state index contributed by atoms with van der Waals surface area (Å²) in [5.41, 5.74) is 1.17. The molecule has 4 fully saturated rings. The minimum atomic E-state index is -0.937. The van der Waals surface area contributed by atoms with Crippen LogP contribution in [0.1, 0.15) is 92.4 Å². The Balaban J connectivity index is 1.19. The smallest absolute Gasteiger partial charge is 0.305 e. The van der Waals surface area contributed by atoms with Crippen LogP contribution in [0.4, 0.5) is 0 Å². The Labute approximate surface area is 238 Å². The Morgan fingerprint density at radius 3 is 2.60 bits per heavy atom. The molecule has 1 aliphatic heterocycles. The third kappa shape index (κ3) is 5.38. The Kier molecular flexibility index (Phi) is 7.75. The lowest BCUT2D eigenvalue weighted by atomic mass is 9.47. The van der Waals surface area contributed by atoms with Crippen LogP contribution in [-0.4, -0.2) is 58.3 Å². The van der Waals surface area contributed by atoms with Crippen molar-refractivity contribution < 1.29 is 29.4 Å². The maximum Gasteiger partial charge on any atom is 0.305 e. The number of carbonyl (C=O) groups is 2. The van der Waals surface area contributed by atoms with Crippen LogP contribution in [0.2, 0.25) is 0 Å². The van der Waals surface area contributed by atoms with Crippen molar-refractivity contribution in [3.63, 3.8) is 0 Å². The van der Waals surface area contributed by atoms with Crippen molar-refractivity contribution in [2.45, 2.75) is 110 Å². The standard InChI is InChI=1S/C32H48N2O6/c1-29(2)18-20(11-15-39-29)26(17-28(36)37)33-27(35)19-40-34-22-8-12-30(3)21(16-22)6-7-23-24(30)9-13-31(4)25(23)10-14-32(31,5)38/h8,12,16,20,23-26,38H,6-7,9-11,13-15,17-19H2,1-5H3,(H,33,35)(H,36,37)/b34-22+/t20-,23-,24+,25+,26-,30+,31+,32+/m1/s1. The Morgan fingerprint density at radius 1 is 1.12 bits per heavy atom. The second-order valence-corrected chi connectivity index (χ2v) is 14.4. The summed E-state index contributed by atoms with van der Waals surface area (Å²) in [5.74, 6) is 0.483. The van der Waals surface area contributed by atoms with Gasteiger partial charge in [-0.3, -0.25) is 9.59 Å². The summed E-state index contributed by atoms with van der Waals surface area (Å²) in [6.45, 7) is 11.0. The van der Waals surface area contributed by atoms with Crippen molar-refractivity contribution in [2.75, 3.05) is 13.2 Å². The van der Waals surface area contributed by atoms with Crippen LogP contribution in [0, 0.1) is 34.5 Å². The van der Waals surface area contributed by atoms with E-state index < -0.39 is 17.6 Å². The summed E-state index contributed by atoms with van der Waals surface area (Å²) in [7, 11) is 0. The first-order valence-electron chi connectivity index (χ1n) is 15.2. The Hall–Kier alpha value is -2.19. The molecule has 0 aromatic rings. The highest BCUT2D eigenvalue weighted by Crippen LogP contribution is 2.66. The number of allylic oxidation sites excluding steroid dienone is 4. The molecule has 4 aliphatic carbocycles. The number of hydrogen-bond acceptors (Lipinski definition) is 6. The van der Waals surface area contributed by atoms with Gasteiger partial charge in [0.15, 0.2) is 6.61 Å². The summed E-state index contributed by atoms with van der Waals surface area (Å²) in [5, 5.41) is 27.7. The van der Waals surface area contributed by atoms with Gasteiger partial charge in [-0.05, 0) is 113 Å². The topological polar surface area (TPSA) is 117 Å². The van der Waals surface area contributed by atoms with Crippen LogP contribution in [0.3, 0.4) is 0 Å². The monoisotopic (exact) mass is 556 g/mol. The van der Waals surface area contributed by atoms with E-state index >= 15 is 0 Å². The molecular formula is C32H48N2O6. The van der Waals surface area contributed by atoms with Gasteiger partial charge in [-0.1, -0.05) is 30.7 Å². The molecule has 5 aliphatic rings. The molecule has 1 saturated heterocycles. The van der Waals surface area contributed by atoms with Gasteiger partial charge in [-0.15, -0.1) is 0 Å². The van der Waals surface area contributed by atoms with Crippen LogP contribution < -0.4 is 5.32 Å². The molecule has 0 unspecified atom stereocenters. The van der Waals surface area contributed by atoms with Gasteiger partial charge in [0.1, 0.15) is 5.71 Å². The van der Waals surface area contributed by atoms with Crippen molar-refractivity contribution in [3.05, 3.63) is 23.8 Å². The fourth-order valence-electron chi connectivity index (χ4n) is 9.07. The van der Waals surface area contributed by atoms with E-state index in [1.807, 2.05) is 26.8 Å². The first kappa shape index (κ1) is 29.3. The zero-order chi connectivity index (χ0) is 28.9. The number of oxime groups is 1. The quantitative estimate of drug-likeness (QED) is 0.380. The maximum absolute atomic E-state index is 12.7. The fourth-order valence-corrected chi connectivity index (χ4v) is 9.07. The van der Waals surface area contributed by atoms with Crippen LogP contribution >= 0.6 is 0 Å². The molecule has 0 aromatic heterocycles. The molecule has 222 valence electrons. The third-order valence-electron chi connectivity index (χ3n) is 11.5. The number of ether oxygens (including phenoxy) is 1. The van der Waals surface area contributed by atoms with E-state index in [1.165, 1.54) is 5.57 Å². The number of carbonyl (C=O) groups excluding carboxylic acids is 1. The molecule has 8 heteroatoms. The van der Waals surface area contributed by atoms with E-state index in [0.717, 1.165) is 38.5 Å². The van der Waals surface area contributed by atoms with E-state index in [4.69, 9.17) is 9.57 Å². The minimum Gasteiger partial charge on any atom is -0.481 e. The van der Waals surface area contributed by atoms with Crippen molar-refractivity contribution in [1.82, 2.24) is 5.32 Å². The zero-order valence-electron chi connectivity index (χ0n) is 24.9. The van der Waals surface area contributed by atoms with Crippen LogP contribution in [0.5, 0.6) is 0 Å². The van der Waals surface area contributed by atoms with Gasteiger partial charge in [-0.25, -0.2) is 0 Å². The molecule has 0 aromatic carbocycles. The molecule has 0 spiro atoms. The molecule has 0 bridgehead atoms. The number of hydrogen-bond donors (Lipinski definition) is 3. The molecular weight excluding hydrogens is 508 g/mol. The third-order valence-corrected chi connectivity index (χ3v) is 11.5. The summed E-state index contributed by atoms with van der Waals surface area (Å²) >= 11 is 0. The fraction of sp³-hybridized carbons (Fsp3) is 0.781. The lowest BCUT2D eigenvalue weighted by Gasteiger charge is -2.58. The highest BCUT2D eigenvalue weighted by Gasteiger charge is 2.62. The van der Waals surface area contributed by atoms with Gasteiger partial charge >= 0.3 is 5.97 Å². The van der Waals surface area contributed by atoms with Gasteiger partial charge < -0.3 is 25.1 Å². The van der Waals surface area contributed by atoms with E-state index in [0.29, 0.717) is 42.9 Å². The van der Waals surface area contributed by atoms with E-state index in [9.17, 15) is 19.8 Å². The van der Waals surface area contributed by atoms with Crippen LogP contribution in [0.25, 0.3) is 0 Å². The average Bonchev–Trinajstić information content (AvgIpc) is 3.11. The number of fused-ring (bicyclic) bond motifs is 5. The van der Waals surface area contributed by atoms with Gasteiger partial charge in [0.05, 0.1) is 17.6 Å². The first-order chi connectivity index (χ1) is 18.7. The molecule has 1 amide bonds. The molecule has 3 N–H and O–H groups in total. The predicted molar refractivity (Wildman–Crippen MR) is 153 cm³/mol. The number of amides is 1. The summed E-state index contributed by atoms with van der Waals surface area (Å²) in [4.78, 5) is 29.6. The molecule has 8 nitrogen and oxygen atoms in total.